The molecule has 4 heteroatoms. The van der Waals surface area contributed by atoms with Crippen molar-refractivity contribution in [1.82, 2.24) is 15.2 Å². The summed E-state index contributed by atoms with van der Waals surface area (Å²) in [5.74, 6) is 0.775. The molecule has 0 radical (unpaired) electrons. The Balaban J connectivity index is 1.59. The molecule has 1 saturated carbocycles. The standard InChI is InChI=1S/C13H21N3S/c1-2-4-11(3-1)13-15-12(10-17-13)9-16-7-5-14-6-8-16/h10-11,14H,1-9H2. The molecule has 2 heterocycles. The SMILES string of the molecule is c1sc(C2CCCC2)nc1CN1CCNCC1. The molecule has 3 nitrogen and oxygen atoms in total. The van der Waals surface area contributed by atoms with Gasteiger partial charge in [-0.05, 0) is 12.8 Å². The van der Waals surface area contributed by atoms with E-state index in [4.69, 9.17) is 4.98 Å². The Morgan fingerprint density at radius 3 is 2.82 bits per heavy atom. The van der Waals surface area contributed by atoms with Crippen LogP contribution in [-0.4, -0.2) is 36.1 Å². The van der Waals surface area contributed by atoms with E-state index in [0.717, 1.165) is 38.6 Å². The molecule has 0 atom stereocenters. The van der Waals surface area contributed by atoms with Crippen molar-refractivity contribution >= 4 is 11.3 Å². The van der Waals surface area contributed by atoms with Crippen LogP contribution >= 0.6 is 11.3 Å². The Bertz CT molecular complexity index is 351. The highest BCUT2D eigenvalue weighted by molar-refractivity contribution is 7.09. The normalized spacial score (nSPS) is 23.3. The zero-order chi connectivity index (χ0) is 11.5. The minimum atomic E-state index is 0.775. The van der Waals surface area contributed by atoms with Gasteiger partial charge in [0.2, 0.25) is 0 Å². The molecular weight excluding hydrogens is 230 g/mol. The Hall–Kier alpha value is -0.450. The number of hydrogen-bond donors (Lipinski definition) is 1. The maximum atomic E-state index is 4.84. The fourth-order valence-electron chi connectivity index (χ4n) is 2.85. The van der Waals surface area contributed by atoms with Crippen molar-refractivity contribution in [1.29, 1.82) is 0 Å². The van der Waals surface area contributed by atoms with Crippen molar-refractivity contribution in [2.45, 2.75) is 38.1 Å². The van der Waals surface area contributed by atoms with Gasteiger partial charge < -0.3 is 5.32 Å². The summed E-state index contributed by atoms with van der Waals surface area (Å²) in [6.07, 6.45) is 5.52. The minimum Gasteiger partial charge on any atom is -0.314 e. The molecule has 1 aromatic rings. The van der Waals surface area contributed by atoms with E-state index in [2.05, 4.69) is 15.6 Å². The smallest absolute Gasteiger partial charge is 0.0959 e. The van der Waals surface area contributed by atoms with Crippen molar-refractivity contribution in [3.8, 4) is 0 Å². The van der Waals surface area contributed by atoms with Crippen LogP contribution in [0.3, 0.4) is 0 Å². The Morgan fingerprint density at radius 1 is 1.29 bits per heavy atom. The van der Waals surface area contributed by atoms with Crippen LogP contribution in [0.2, 0.25) is 0 Å². The summed E-state index contributed by atoms with van der Waals surface area (Å²) in [6.45, 7) is 5.62. The summed E-state index contributed by atoms with van der Waals surface area (Å²) >= 11 is 1.88. The van der Waals surface area contributed by atoms with E-state index in [1.165, 1.54) is 36.4 Å². The number of thiazole rings is 1. The van der Waals surface area contributed by atoms with Gasteiger partial charge in [-0.1, -0.05) is 12.8 Å². The van der Waals surface area contributed by atoms with Crippen LogP contribution in [0, 0.1) is 0 Å². The number of rotatable bonds is 3. The molecule has 1 N–H and O–H groups in total. The molecule has 2 fully saturated rings. The van der Waals surface area contributed by atoms with Crippen LogP contribution in [0.5, 0.6) is 0 Å². The van der Waals surface area contributed by atoms with Gasteiger partial charge in [-0.3, -0.25) is 4.90 Å². The lowest BCUT2D eigenvalue weighted by Crippen LogP contribution is -2.42. The first-order chi connectivity index (χ1) is 8.42. The van der Waals surface area contributed by atoms with Crippen molar-refractivity contribution in [2.24, 2.45) is 0 Å². The molecule has 1 aromatic heterocycles. The number of nitrogens with zero attached hydrogens (tertiary/aromatic N) is 2. The van der Waals surface area contributed by atoms with Gasteiger partial charge in [0.25, 0.3) is 0 Å². The van der Waals surface area contributed by atoms with Crippen molar-refractivity contribution in [3.05, 3.63) is 16.1 Å². The summed E-state index contributed by atoms with van der Waals surface area (Å²) in [6, 6.07) is 0. The zero-order valence-corrected chi connectivity index (χ0v) is 11.1. The highest BCUT2D eigenvalue weighted by Gasteiger charge is 2.20. The highest BCUT2D eigenvalue weighted by Crippen LogP contribution is 2.35. The van der Waals surface area contributed by atoms with E-state index in [1.807, 2.05) is 11.3 Å². The third-order valence-electron chi connectivity index (χ3n) is 3.87. The summed E-state index contributed by atoms with van der Waals surface area (Å²) in [7, 11) is 0. The highest BCUT2D eigenvalue weighted by atomic mass is 32.1. The fraction of sp³-hybridized carbons (Fsp3) is 0.769. The topological polar surface area (TPSA) is 28.2 Å². The van der Waals surface area contributed by atoms with Gasteiger partial charge in [0.1, 0.15) is 0 Å². The van der Waals surface area contributed by atoms with E-state index in [-0.39, 0.29) is 0 Å². The van der Waals surface area contributed by atoms with Crippen LogP contribution < -0.4 is 5.32 Å². The molecule has 0 spiro atoms. The van der Waals surface area contributed by atoms with Gasteiger partial charge in [-0.15, -0.1) is 11.3 Å². The van der Waals surface area contributed by atoms with Crippen LogP contribution in [-0.2, 0) is 6.54 Å². The van der Waals surface area contributed by atoms with Gasteiger partial charge in [0.05, 0.1) is 10.7 Å². The lowest BCUT2D eigenvalue weighted by Gasteiger charge is -2.26. The number of nitrogens with one attached hydrogen (secondary N) is 1. The first-order valence-corrected chi connectivity index (χ1v) is 7.67. The van der Waals surface area contributed by atoms with Crippen LogP contribution in [0.25, 0.3) is 0 Å². The second-order valence-electron chi connectivity index (χ2n) is 5.18. The quantitative estimate of drug-likeness (QED) is 0.892. The largest absolute Gasteiger partial charge is 0.314 e. The molecule has 3 rings (SSSR count). The van der Waals surface area contributed by atoms with Gasteiger partial charge >= 0.3 is 0 Å². The van der Waals surface area contributed by atoms with Gasteiger partial charge in [-0.25, -0.2) is 4.98 Å². The number of hydrogen-bond acceptors (Lipinski definition) is 4. The molecule has 0 aromatic carbocycles. The second-order valence-corrected chi connectivity index (χ2v) is 6.07. The average Bonchev–Trinajstić information content (AvgIpc) is 3.00. The van der Waals surface area contributed by atoms with E-state index in [9.17, 15) is 0 Å². The predicted molar refractivity (Wildman–Crippen MR) is 71.5 cm³/mol. The molecule has 0 bridgehead atoms. The fourth-order valence-corrected chi connectivity index (χ4v) is 3.84. The average molecular weight is 251 g/mol. The van der Waals surface area contributed by atoms with Gasteiger partial charge in [0.15, 0.2) is 0 Å². The molecule has 94 valence electrons. The van der Waals surface area contributed by atoms with Crippen LogP contribution in [0.4, 0.5) is 0 Å². The number of aromatic nitrogens is 1. The predicted octanol–water partition coefficient (Wildman–Crippen LogP) is 2.21. The van der Waals surface area contributed by atoms with E-state index in [0.29, 0.717) is 0 Å². The van der Waals surface area contributed by atoms with Crippen LogP contribution in [0.15, 0.2) is 5.38 Å². The Kier molecular flexibility index (Phi) is 3.74. The molecule has 1 aliphatic carbocycles. The van der Waals surface area contributed by atoms with Crippen molar-refractivity contribution in [3.63, 3.8) is 0 Å². The molecule has 1 aliphatic heterocycles. The summed E-state index contributed by atoms with van der Waals surface area (Å²) in [5, 5.41) is 7.06. The third kappa shape index (κ3) is 2.87. The summed E-state index contributed by atoms with van der Waals surface area (Å²) in [4.78, 5) is 7.35. The number of piperazine rings is 1. The zero-order valence-electron chi connectivity index (χ0n) is 10.3. The maximum absolute atomic E-state index is 4.84. The van der Waals surface area contributed by atoms with Gasteiger partial charge in [0, 0.05) is 44.0 Å². The van der Waals surface area contributed by atoms with Crippen molar-refractivity contribution < 1.29 is 0 Å². The molecule has 0 amide bonds. The van der Waals surface area contributed by atoms with E-state index < -0.39 is 0 Å². The molecular formula is C13H21N3S. The lowest BCUT2D eigenvalue weighted by molar-refractivity contribution is 0.231. The Morgan fingerprint density at radius 2 is 2.06 bits per heavy atom. The Labute approximate surface area is 107 Å². The van der Waals surface area contributed by atoms with Crippen LogP contribution in [0.1, 0.15) is 42.3 Å². The minimum absolute atomic E-state index is 0.775. The molecule has 2 aliphatic rings. The van der Waals surface area contributed by atoms with E-state index >= 15 is 0 Å². The second kappa shape index (κ2) is 5.46. The first-order valence-electron chi connectivity index (χ1n) is 6.79. The molecule has 17 heavy (non-hydrogen) atoms. The monoisotopic (exact) mass is 251 g/mol. The first kappa shape index (κ1) is 11.6. The lowest BCUT2D eigenvalue weighted by atomic mass is 10.1. The van der Waals surface area contributed by atoms with Gasteiger partial charge in [-0.2, -0.15) is 0 Å². The van der Waals surface area contributed by atoms with E-state index in [1.54, 1.807) is 0 Å². The summed E-state index contributed by atoms with van der Waals surface area (Å²) < 4.78 is 0. The molecule has 1 saturated heterocycles. The maximum Gasteiger partial charge on any atom is 0.0959 e. The third-order valence-corrected chi connectivity index (χ3v) is 4.93. The van der Waals surface area contributed by atoms with Crippen molar-refractivity contribution in [2.75, 3.05) is 26.2 Å². The molecule has 0 unspecified atom stereocenters. The summed E-state index contributed by atoms with van der Waals surface area (Å²) in [5.41, 5.74) is 1.29.